The number of carbonyl (C=O) groups is 1. The zero-order chi connectivity index (χ0) is 20.8. The van der Waals surface area contributed by atoms with Crippen LogP contribution in [0.2, 0.25) is 0 Å². The number of allylic oxidation sites excluding steroid dienone is 1. The third kappa shape index (κ3) is 3.32. The van der Waals surface area contributed by atoms with Crippen molar-refractivity contribution in [3.05, 3.63) is 36.4 Å². The number of aromatic nitrogens is 3. The van der Waals surface area contributed by atoms with E-state index in [2.05, 4.69) is 19.9 Å². The number of carbonyl (C=O) groups excluding carboxylic acids is 1. The number of halogens is 2. The molecule has 2 aliphatic heterocycles. The van der Waals surface area contributed by atoms with Crippen LogP contribution in [-0.2, 0) is 4.79 Å². The Morgan fingerprint density at radius 3 is 2.53 bits per heavy atom. The minimum atomic E-state index is -2.67. The molecule has 2 saturated heterocycles. The van der Waals surface area contributed by atoms with Gasteiger partial charge in [0.25, 0.3) is 0 Å². The number of piperazine rings is 1. The third-order valence-electron chi connectivity index (χ3n) is 6.34. The fourth-order valence-electron chi connectivity index (χ4n) is 4.75. The van der Waals surface area contributed by atoms with Gasteiger partial charge in [-0.15, -0.1) is 0 Å². The summed E-state index contributed by atoms with van der Waals surface area (Å²) < 4.78 is 26.3. The molecule has 1 aliphatic carbocycles. The molecule has 2 atom stereocenters. The smallest absolute Gasteiger partial charge is 0.333 e. The lowest BCUT2D eigenvalue weighted by atomic mass is 10.1. The molecule has 0 aromatic carbocycles. The number of amides is 1. The van der Waals surface area contributed by atoms with Gasteiger partial charge in [-0.2, -0.15) is 13.9 Å². The van der Waals surface area contributed by atoms with Crippen molar-refractivity contribution in [3.63, 3.8) is 0 Å². The van der Waals surface area contributed by atoms with E-state index in [0.717, 1.165) is 55.7 Å². The molecule has 2 aromatic rings. The molecule has 5 rings (SSSR count). The van der Waals surface area contributed by atoms with Gasteiger partial charge in [0.05, 0.1) is 17.6 Å². The first kappa shape index (κ1) is 19.0. The number of alkyl halides is 2. The SMILES string of the molecule is N=C/C=C(\c1cc(-c2cnn(C(F)F)c2)c[nH]1)N1CC2CCC(C1)N2C(=O)C1CC1. The lowest BCUT2D eigenvalue weighted by molar-refractivity contribution is -0.137. The fraction of sp³-hybridized carbons (Fsp3) is 0.476. The number of nitrogens with zero attached hydrogens (tertiary/aromatic N) is 4. The number of rotatable bonds is 6. The van der Waals surface area contributed by atoms with E-state index in [1.165, 1.54) is 18.6 Å². The highest BCUT2D eigenvalue weighted by Crippen LogP contribution is 2.39. The molecule has 30 heavy (non-hydrogen) atoms. The van der Waals surface area contributed by atoms with Crippen LogP contribution in [0.1, 0.15) is 37.9 Å². The van der Waals surface area contributed by atoms with Crippen molar-refractivity contribution in [2.24, 2.45) is 5.92 Å². The highest BCUT2D eigenvalue weighted by Gasteiger charge is 2.46. The second kappa shape index (κ2) is 7.37. The van der Waals surface area contributed by atoms with E-state index in [0.29, 0.717) is 16.2 Å². The fourth-order valence-corrected chi connectivity index (χ4v) is 4.75. The number of likely N-dealkylation sites (tertiary alicyclic amines) is 1. The lowest BCUT2D eigenvalue weighted by Gasteiger charge is -2.43. The average molecular weight is 414 g/mol. The molecule has 3 aliphatic rings. The van der Waals surface area contributed by atoms with Crippen molar-refractivity contribution < 1.29 is 13.6 Å². The third-order valence-corrected chi connectivity index (χ3v) is 6.34. The zero-order valence-corrected chi connectivity index (χ0v) is 16.5. The standard InChI is InChI=1S/C21H24F2N6O/c22-21(23)28-10-15(9-26-28)14-7-18(25-8-14)19(5-6-24)27-11-16-3-4-17(12-27)29(16)20(30)13-1-2-13/h5-10,13,16-17,21,24-25H,1-4,11-12H2/b19-5+,24-6?. The maximum absolute atomic E-state index is 12.8. The minimum absolute atomic E-state index is 0.213. The van der Waals surface area contributed by atoms with Crippen LogP contribution < -0.4 is 0 Å². The molecule has 2 N–H and O–H groups in total. The predicted molar refractivity (Wildman–Crippen MR) is 108 cm³/mol. The molecule has 2 bridgehead atoms. The molecule has 7 nitrogen and oxygen atoms in total. The van der Waals surface area contributed by atoms with Crippen LogP contribution in [0.5, 0.6) is 0 Å². The van der Waals surface area contributed by atoms with E-state index in [1.807, 2.05) is 6.07 Å². The van der Waals surface area contributed by atoms with Gasteiger partial charge in [0, 0.05) is 60.8 Å². The molecule has 9 heteroatoms. The molecule has 0 spiro atoms. The van der Waals surface area contributed by atoms with Gasteiger partial charge >= 0.3 is 6.55 Å². The summed E-state index contributed by atoms with van der Waals surface area (Å²) in [5, 5.41) is 11.3. The van der Waals surface area contributed by atoms with E-state index in [1.54, 1.807) is 12.3 Å². The van der Waals surface area contributed by atoms with E-state index >= 15 is 0 Å². The molecular formula is C21H24F2N6O. The molecule has 158 valence electrons. The Balaban J connectivity index is 1.37. The van der Waals surface area contributed by atoms with Crippen molar-refractivity contribution in [2.45, 2.75) is 44.3 Å². The van der Waals surface area contributed by atoms with Crippen LogP contribution in [0.4, 0.5) is 8.78 Å². The summed E-state index contributed by atoms with van der Waals surface area (Å²) in [6, 6.07) is 2.32. The largest absolute Gasteiger partial charge is 0.366 e. The first-order chi connectivity index (χ1) is 14.5. The van der Waals surface area contributed by atoms with Gasteiger partial charge in [0.15, 0.2) is 0 Å². The van der Waals surface area contributed by atoms with Crippen LogP contribution >= 0.6 is 0 Å². The van der Waals surface area contributed by atoms with Crippen LogP contribution in [0, 0.1) is 11.3 Å². The van der Waals surface area contributed by atoms with Crippen LogP contribution in [0.3, 0.4) is 0 Å². The van der Waals surface area contributed by atoms with Gasteiger partial charge < -0.3 is 20.2 Å². The Hall–Kier alpha value is -2.97. The van der Waals surface area contributed by atoms with Gasteiger partial charge in [-0.25, -0.2) is 4.68 Å². The summed E-state index contributed by atoms with van der Waals surface area (Å²) >= 11 is 0. The topological polar surface area (TPSA) is 81.0 Å². The molecule has 0 radical (unpaired) electrons. The van der Waals surface area contributed by atoms with E-state index in [-0.39, 0.29) is 18.0 Å². The van der Waals surface area contributed by atoms with E-state index in [9.17, 15) is 13.6 Å². The Bertz CT molecular complexity index is 977. The lowest BCUT2D eigenvalue weighted by Crippen LogP contribution is -2.55. The zero-order valence-electron chi connectivity index (χ0n) is 16.5. The van der Waals surface area contributed by atoms with Crippen LogP contribution in [-0.4, -0.2) is 61.9 Å². The normalized spacial score (nSPS) is 24.0. The Labute approximate surface area is 172 Å². The predicted octanol–water partition coefficient (Wildman–Crippen LogP) is 3.35. The molecular weight excluding hydrogens is 390 g/mol. The number of hydrogen-bond acceptors (Lipinski definition) is 4. The number of fused-ring (bicyclic) bond motifs is 2. The van der Waals surface area contributed by atoms with Gasteiger partial charge in [0.1, 0.15) is 0 Å². The molecule has 2 unspecified atom stereocenters. The first-order valence-electron chi connectivity index (χ1n) is 10.3. The minimum Gasteiger partial charge on any atom is -0.366 e. The van der Waals surface area contributed by atoms with Crippen molar-refractivity contribution in [3.8, 4) is 11.1 Å². The maximum atomic E-state index is 12.8. The van der Waals surface area contributed by atoms with Gasteiger partial charge in [-0.1, -0.05) is 0 Å². The number of H-pyrrole nitrogens is 1. The Kier molecular flexibility index (Phi) is 4.67. The quantitative estimate of drug-likeness (QED) is 0.712. The number of hydrogen-bond donors (Lipinski definition) is 2. The molecule has 4 heterocycles. The molecule has 2 aromatic heterocycles. The summed E-state index contributed by atoms with van der Waals surface area (Å²) in [6.45, 7) is -1.19. The summed E-state index contributed by atoms with van der Waals surface area (Å²) in [7, 11) is 0. The first-order valence-corrected chi connectivity index (χ1v) is 10.3. The van der Waals surface area contributed by atoms with Crippen molar-refractivity contribution in [2.75, 3.05) is 13.1 Å². The van der Waals surface area contributed by atoms with E-state index in [4.69, 9.17) is 5.41 Å². The highest BCUT2D eigenvalue weighted by atomic mass is 19.3. The Morgan fingerprint density at radius 2 is 1.93 bits per heavy atom. The number of nitrogens with one attached hydrogen (secondary N) is 2. The summed E-state index contributed by atoms with van der Waals surface area (Å²) in [4.78, 5) is 20.3. The molecule has 1 amide bonds. The van der Waals surface area contributed by atoms with Gasteiger partial charge in [-0.3, -0.25) is 4.79 Å². The average Bonchev–Trinajstić information content (AvgIpc) is 3.15. The second-order valence-corrected chi connectivity index (χ2v) is 8.32. The van der Waals surface area contributed by atoms with Crippen molar-refractivity contribution in [1.29, 1.82) is 5.41 Å². The second-order valence-electron chi connectivity index (χ2n) is 8.32. The number of aromatic amines is 1. The van der Waals surface area contributed by atoms with Crippen LogP contribution in [0.15, 0.2) is 30.7 Å². The summed E-state index contributed by atoms with van der Waals surface area (Å²) in [6.07, 6.45) is 11.6. The summed E-state index contributed by atoms with van der Waals surface area (Å²) in [5.41, 5.74) is 3.07. The maximum Gasteiger partial charge on any atom is 0.333 e. The van der Waals surface area contributed by atoms with Gasteiger partial charge in [-0.05, 0) is 37.8 Å². The molecule has 3 fully saturated rings. The Morgan fingerprint density at radius 1 is 1.20 bits per heavy atom. The van der Waals surface area contributed by atoms with Crippen LogP contribution in [0.25, 0.3) is 16.8 Å². The van der Waals surface area contributed by atoms with Crippen molar-refractivity contribution in [1.82, 2.24) is 24.6 Å². The molecule has 1 saturated carbocycles. The highest BCUT2D eigenvalue weighted by molar-refractivity contribution is 5.84. The summed E-state index contributed by atoms with van der Waals surface area (Å²) in [5.74, 6) is 0.550. The monoisotopic (exact) mass is 414 g/mol. The van der Waals surface area contributed by atoms with Crippen molar-refractivity contribution >= 4 is 17.8 Å². The van der Waals surface area contributed by atoms with E-state index < -0.39 is 6.55 Å². The van der Waals surface area contributed by atoms with Gasteiger partial charge in [0.2, 0.25) is 5.91 Å².